The molecule has 3 aromatic carbocycles. The Hall–Kier alpha value is -3.32. The van der Waals surface area contributed by atoms with Gasteiger partial charge in [0.1, 0.15) is 5.75 Å². The van der Waals surface area contributed by atoms with Crippen molar-refractivity contribution in [1.82, 2.24) is 5.32 Å². The number of sulfonamides is 1. The largest absolute Gasteiger partial charge is 0.497 e. The minimum Gasteiger partial charge on any atom is -0.497 e. The molecule has 7 heteroatoms. The molecule has 0 saturated carbocycles. The van der Waals surface area contributed by atoms with Crippen LogP contribution in [-0.4, -0.2) is 21.4 Å². The highest BCUT2D eigenvalue weighted by Gasteiger charge is 2.20. The van der Waals surface area contributed by atoms with E-state index in [-0.39, 0.29) is 16.8 Å². The van der Waals surface area contributed by atoms with Crippen molar-refractivity contribution in [2.45, 2.75) is 38.1 Å². The van der Waals surface area contributed by atoms with Crippen molar-refractivity contribution in [2.75, 3.05) is 11.8 Å². The predicted molar refractivity (Wildman–Crippen MR) is 127 cm³/mol. The van der Waals surface area contributed by atoms with Crippen LogP contribution < -0.4 is 14.8 Å². The fourth-order valence-corrected chi connectivity index (χ4v) is 4.53. The fraction of sp³-hybridized carbons (Fsp3) is 0.240. The molecular weight excluding hydrogens is 424 g/mol. The van der Waals surface area contributed by atoms with Crippen molar-refractivity contribution < 1.29 is 17.9 Å². The van der Waals surface area contributed by atoms with E-state index in [1.54, 1.807) is 56.5 Å². The third kappa shape index (κ3) is 5.29. The highest BCUT2D eigenvalue weighted by molar-refractivity contribution is 7.92. The molecule has 3 rings (SSSR count). The molecule has 6 nitrogen and oxygen atoms in total. The molecule has 1 amide bonds. The number of hydrogen-bond acceptors (Lipinski definition) is 4. The molecule has 0 spiro atoms. The van der Waals surface area contributed by atoms with Gasteiger partial charge in [0.2, 0.25) is 0 Å². The number of anilines is 1. The maximum Gasteiger partial charge on any atom is 0.261 e. The van der Waals surface area contributed by atoms with Crippen molar-refractivity contribution in [3.63, 3.8) is 0 Å². The lowest BCUT2D eigenvalue weighted by atomic mass is 10.0. The van der Waals surface area contributed by atoms with E-state index in [9.17, 15) is 13.2 Å². The Morgan fingerprint density at radius 1 is 0.969 bits per heavy atom. The van der Waals surface area contributed by atoms with E-state index in [1.165, 1.54) is 0 Å². The third-order valence-corrected chi connectivity index (χ3v) is 6.77. The van der Waals surface area contributed by atoms with Crippen LogP contribution in [-0.2, 0) is 10.0 Å². The predicted octanol–water partition coefficient (Wildman–Crippen LogP) is 4.99. The van der Waals surface area contributed by atoms with Crippen LogP contribution in [0.4, 0.5) is 5.69 Å². The SMILES string of the molecule is CCC(NC(=O)c1cccc(NS(=O)(=O)c2ccc(C)cc2)c1C)c1ccc(OC)cc1. The molecule has 0 radical (unpaired) electrons. The van der Waals surface area contributed by atoms with Gasteiger partial charge in [0.05, 0.1) is 23.7 Å². The Morgan fingerprint density at radius 2 is 1.62 bits per heavy atom. The van der Waals surface area contributed by atoms with Gasteiger partial charge in [0.15, 0.2) is 0 Å². The third-order valence-electron chi connectivity index (χ3n) is 5.39. The molecule has 1 unspecified atom stereocenters. The lowest BCUT2D eigenvalue weighted by Crippen LogP contribution is -2.29. The van der Waals surface area contributed by atoms with E-state index in [4.69, 9.17) is 4.74 Å². The first-order chi connectivity index (χ1) is 15.2. The van der Waals surface area contributed by atoms with Crippen molar-refractivity contribution >= 4 is 21.6 Å². The normalized spacial score (nSPS) is 12.1. The molecule has 168 valence electrons. The second kappa shape index (κ2) is 9.87. The van der Waals surface area contributed by atoms with E-state index in [0.717, 1.165) is 16.9 Å². The standard InChI is InChI=1S/C25H28N2O4S/c1-5-23(19-11-13-20(31-4)14-12-19)26-25(28)22-7-6-8-24(18(22)3)27-32(29,30)21-15-9-17(2)10-16-21/h6-16,23,27H,5H2,1-4H3,(H,26,28). The molecule has 0 aromatic heterocycles. The van der Waals surface area contributed by atoms with Gasteiger partial charge >= 0.3 is 0 Å². The number of ether oxygens (including phenoxy) is 1. The van der Waals surface area contributed by atoms with Gasteiger partial charge in [0, 0.05) is 5.56 Å². The quantitative estimate of drug-likeness (QED) is 0.504. The van der Waals surface area contributed by atoms with Crippen LogP contribution in [0.3, 0.4) is 0 Å². The zero-order valence-corrected chi connectivity index (χ0v) is 19.5. The average molecular weight is 453 g/mol. The van der Waals surface area contributed by atoms with E-state index in [2.05, 4.69) is 10.0 Å². The molecule has 0 aliphatic carbocycles. The molecule has 0 bridgehead atoms. The Balaban J connectivity index is 1.82. The average Bonchev–Trinajstić information content (AvgIpc) is 2.79. The molecule has 3 aromatic rings. The van der Waals surface area contributed by atoms with Crippen molar-refractivity contribution in [1.29, 1.82) is 0 Å². The molecule has 0 aliphatic heterocycles. The Kier molecular flexibility index (Phi) is 7.20. The van der Waals surface area contributed by atoms with E-state index < -0.39 is 10.0 Å². The Bertz CT molecular complexity index is 1190. The number of aryl methyl sites for hydroxylation is 1. The van der Waals surface area contributed by atoms with Crippen LogP contribution in [0, 0.1) is 13.8 Å². The highest BCUT2D eigenvalue weighted by atomic mass is 32.2. The molecule has 0 aliphatic rings. The zero-order valence-electron chi connectivity index (χ0n) is 18.7. The monoisotopic (exact) mass is 452 g/mol. The minimum absolute atomic E-state index is 0.169. The number of carbonyl (C=O) groups excluding carboxylic acids is 1. The maximum absolute atomic E-state index is 13.0. The summed E-state index contributed by atoms with van der Waals surface area (Å²) in [7, 11) is -2.16. The second-order valence-electron chi connectivity index (χ2n) is 7.60. The van der Waals surface area contributed by atoms with E-state index >= 15 is 0 Å². The van der Waals surface area contributed by atoms with Crippen LogP contribution in [0.25, 0.3) is 0 Å². The number of amides is 1. The van der Waals surface area contributed by atoms with Gasteiger partial charge < -0.3 is 10.1 Å². The Morgan fingerprint density at radius 3 is 2.22 bits per heavy atom. The lowest BCUT2D eigenvalue weighted by Gasteiger charge is -2.19. The number of benzene rings is 3. The molecular formula is C25H28N2O4S. The van der Waals surface area contributed by atoms with Crippen LogP contribution in [0.5, 0.6) is 5.75 Å². The molecule has 32 heavy (non-hydrogen) atoms. The number of rotatable bonds is 8. The summed E-state index contributed by atoms with van der Waals surface area (Å²) in [6.45, 7) is 5.62. The van der Waals surface area contributed by atoms with Gasteiger partial charge in [-0.15, -0.1) is 0 Å². The van der Waals surface area contributed by atoms with Crippen LogP contribution in [0.2, 0.25) is 0 Å². The molecule has 1 atom stereocenters. The first kappa shape index (κ1) is 23.3. The minimum atomic E-state index is -3.77. The molecule has 0 saturated heterocycles. The summed E-state index contributed by atoms with van der Waals surface area (Å²) in [6, 6.07) is 19.0. The Labute approximate surface area is 189 Å². The number of methoxy groups -OCH3 is 1. The number of carbonyl (C=O) groups is 1. The summed E-state index contributed by atoms with van der Waals surface area (Å²) >= 11 is 0. The van der Waals surface area contributed by atoms with Gasteiger partial charge in [-0.1, -0.05) is 42.8 Å². The fourth-order valence-electron chi connectivity index (χ4n) is 3.41. The summed E-state index contributed by atoms with van der Waals surface area (Å²) < 4.78 is 33.4. The summed E-state index contributed by atoms with van der Waals surface area (Å²) in [4.78, 5) is 13.2. The van der Waals surface area contributed by atoms with Gasteiger partial charge in [0.25, 0.3) is 15.9 Å². The topological polar surface area (TPSA) is 84.5 Å². The highest BCUT2D eigenvalue weighted by Crippen LogP contribution is 2.25. The van der Waals surface area contributed by atoms with E-state index in [0.29, 0.717) is 23.2 Å². The molecule has 2 N–H and O–H groups in total. The summed E-state index contributed by atoms with van der Waals surface area (Å²) in [6.07, 6.45) is 0.705. The summed E-state index contributed by atoms with van der Waals surface area (Å²) in [5, 5.41) is 3.05. The zero-order chi connectivity index (χ0) is 23.3. The van der Waals surface area contributed by atoms with Gasteiger partial charge in [-0.05, 0) is 67.8 Å². The summed E-state index contributed by atoms with van der Waals surface area (Å²) in [5.41, 5.74) is 3.29. The van der Waals surface area contributed by atoms with Gasteiger partial charge in [-0.25, -0.2) is 8.42 Å². The van der Waals surface area contributed by atoms with Crippen LogP contribution in [0.15, 0.2) is 71.6 Å². The smallest absolute Gasteiger partial charge is 0.261 e. The van der Waals surface area contributed by atoms with Crippen LogP contribution >= 0.6 is 0 Å². The second-order valence-corrected chi connectivity index (χ2v) is 9.29. The molecule has 0 fully saturated rings. The molecule has 0 heterocycles. The first-order valence-corrected chi connectivity index (χ1v) is 11.9. The number of nitrogens with one attached hydrogen (secondary N) is 2. The van der Waals surface area contributed by atoms with Gasteiger partial charge in [-0.3, -0.25) is 9.52 Å². The lowest BCUT2D eigenvalue weighted by molar-refractivity contribution is 0.0935. The van der Waals surface area contributed by atoms with Crippen molar-refractivity contribution in [3.8, 4) is 5.75 Å². The maximum atomic E-state index is 13.0. The van der Waals surface area contributed by atoms with Crippen molar-refractivity contribution in [3.05, 3.63) is 89.0 Å². The number of hydrogen-bond donors (Lipinski definition) is 2. The van der Waals surface area contributed by atoms with Crippen LogP contribution in [0.1, 0.15) is 46.4 Å². The van der Waals surface area contributed by atoms with Gasteiger partial charge in [-0.2, -0.15) is 0 Å². The van der Waals surface area contributed by atoms with E-state index in [1.807, 2.05) is 38.1 Å². The first-order valence-electron chi connectivity index (χ1n) is 10.4. The van der Waals surface area contributed by atoms with Crippen molar-refractivity contribution in [2.24, 2.45) is 0 Å². The summed E-state index contributed by atoms with van der Waals surface area (Å²) in [5.74, 6) is 0.487.